The molecule has 21 heavy (non-hydrogen) atoms. The fourth-order valence-corrected chi connectivity index (χ4v) is 5.20. The fraction of sp³-hybridized carbons (Fsp3) is 0.895. The molecule has 1 unspecified atom stereocenters. The van der Waals surface area contributed by atoms with E-state index in [1.807, 2.05) is 0 Å². The van der Waals surface area contributed by atoms with Crippen molar-refractivity contribution < 1.29 is 0 Å². The van der Waals surface area contributed by atoms with Gasteiger partial charge in [0.2, 0.25) is 0 Å². The van der Waals surface area contributed by atoms with Gasteiger partial charge in [-0.25, -0.2) is 0 Å². The van der Waals surface area contributed by atoms with Crippen molar-refractivity contribution in [2.24, 2.45) is 22.0 Å². The zero-order valence-corrected chi connectivity index (χ0v) is 16.0. The summed E-state index contributed by atoms with van der Waals surface area (Å²) in [7, 11) is 0. The van der Waals surface area contributed by atoms with Gasteiger partial charge in [-0.15, -0.1) is 0 Å². The van der Waals surface area contributed by atoms with Gasteiger partial charge in [-0.2, -0.15) is 0 Å². The van der Waals surface area contributed by atoms with Crippen LogP contribution in [-0.4, -0.2) is 17.1 Å². The third-order valence-corrected chi connectivity index (χ3v) is 6.19. The highest BCUT2D eigenvalue weighted by Crippen LogP contribution is 2.79. The molecule has 1 rings (SSSR count). The molecule has 1 fully saturated rings. The lowest BCUT2D eigenvalue weighted by molar-refractivity contribution is 0.217. The van der Waals surface area contributed by atoms with Gasteiger partial charge in [0.05, 0.1) is 0 Å². The molecule has 0 aromatic rings. The van der Waals surface area contributed by atoms with Gasteiger partial charge in [0.25, 0.3) is 0 Å². The van der Waals surface area contributed by atoms with E-state index in [2.05, 4.69) is 86.7 Å². The van der Waals surface area contributed by atoms with Crippen molar-refractivity contribution in [3.63, 3.8) is 0 Å². The summed E-state index contributed by atoms with van der Waals surface area (Å²) in [6, 6.07) is 0.413. The molecule has 3 N–H and O–H groups in total. The molecule has 0 radical (unpaired) electrons. The molecule has 2 heteroatoms. The van der Waals surface area contributed by atoms with Crippen LogP contribution in [0.2, 0.25) is 0 Å². The van der Waals surface area contributed by atoms with Crippen LogP contribution < -0.4 is 11.1 Å². The standard InChI is InChI=1S/C19H38N2/c1-11-12-19(17(7,8)18(19,9)10)14(2)21-16(5,6)13-15(3,4)20/h11-12,14,21H,13,20H2,1-10H3. The lowest BCUT2D eigenvalue weighted by atomic mass is 9.82. The maximum absolute atomic E-state index is 6.23. The van der Waals surface area contributed by atoms with Crippen LogP contribution in [0.15, 0.2) is 12.2 Å². The molecular formula is C19H38N2. The van der Waals surface area contributed by atoms with Crippen LogP contribution in [0.5, 0.6) is 0 Å². The molecular weight excluding hydrogens is 256 g/mol. The van der Waals surface area contributed by atoms with E-state index in [4.69, 9.17) is 5.73 Å². The van der Waals surface area contributed by atoms with E-state index < -0.39 is 0 Å². The van der Waals surface area contributed by atoms with Crippen LogP contribution in [-0.2, 0) is 0 Å². The normalized spacial score (nSPS) is 25.1. The first-order valence-electron chi connectivity index (χ1n) is 8.35. The van der Waals surface area contributed by atoms with Crippen LogP contribution in [0.25, 0.3) is 0 Å². The highest BCUT2D eigenvalue weighted by atomic mass is 15.1. The van der Waals surface area contributed by atoms with Gasteiger partial charge in [0.1, 0.15) is 0 Å². The van der Waals surface area contributed by atoms with Crippen LogP contribution in [0.1, 0.15) is 75.7 Å². The van der Waals surface area contributed by atoms with Crippen LogP contribution in [0.4, 0.5) is 0 Å². The summed E-state index contributed by atoms with van der Waals surface area (Å²) in [5.74, 6) is 0. The number of rotatable bonds is 6. The first-order chi connectivity index (χ1) is 9.15. The van der Waals surface area contributed by atoms with E-state index in [9.17, 15) is 0 Å². The molecule has 1 atom stereocenters. The minimum absolute atomic E-state index is 0.0288. The Balaban J connectivity index is 3.00. The Bertz CT molecular complexity index is 394. The first-order valence-corrected chi connectivity index (χ1v) is 8.35. The molecule has 2 nitrogen and oxygen atoms in total. The van der Waals surface area contributed by atoms with E-state index in [-0.39, 0.29) is 16.5 Å². The largest absolute Gasteiger partial charge is 0.325 e. The van der Waals surface area contributed by atoms with Crippen LogP contribution in [0, 0.1) is 16.2 Å². The zero-order chi connectivity index (χ0) is 16.9. The van der Waals surface area contributed by atoms with Gasteiger partial charge in [-0.1, -0.05) is 39.8 Å². The molecule has 0 amide bonds. The summed E-state index contributed by atoms with van der Waals surface area (Å²) in [6.45, 7) is 22.8. The van der Waals surface area contributed by atoms with E-state index in [0.717, 1.165) is 6.42 Å². The maximum Gasteiger partial charge on any atom is 0.0146 e. The summed E-state index contributed by atoms with van der Waals surface area (Å²) in [5, 5.41) is 3.88. The van der Waals surface area contributed by atoms with E-state index >= 15 is 0 Å². The zero-order valence-electron chi connectivity index (χ0n) is 16.0. The number of nitrogens with two attached hydrogens (primary N) is 1. The lowest BCUT2D eigenvalue weighted by Crippen LogP contribution is -2.54. The van der Waals surface area contributed by atoms with Crippen molar-refractivity contribution in [2.75, 3.05) is 0 Å². The van der Waals surface area contributed by atoms with Gasteiger partial charge < -0.3 is 11.1 Å². The molecule has 124 valence electrons. The topological polar surface area (TPSA) is 38.0 Å². The smallest absolute Gasteiger partial charge is 0.0146 e. The summed E-state index contributed by atoms with van der Waals surface area (Å²) >= 11 is 0. The van der Waals surface area contributed by atoms with Crippen molar-refractivity contribution in [1.29, 1.82) is 0 Å². The molecule has 0 heterocycles. The predicted octanol–water partition coefficient (Wildman–Crippen LogP) is 4.50. The van der Waals surface area contributed by atoms with Gasteiger partial charge in [-0.05, 0) is 58.8 Å². The average molecular weight is 295 g/mol. The second kappa shape index (κ2) is 5.09. The Kier molecular flexibility index (Phi) is 4.54. The molecule has 0 saturated heterocycles. The highest BCUT2D eigenvalue weighted by Gasteiger charge is 2.77. The van der Waals surface area contributed by atoms with Crippen LogP contribution >= 0.6 is 0 Å². The van der Waals surface area contributed by atoms with Crippen molar-refractivity contribution in [3.05, 3.63) is 12.2 Å². The Morgan fingerprint density at radius 2 is 1.48 bits per heavy atom. The van der Waals surface area contributed by atoms with Gasteiger partial charge in [0, 0.05) is 22.5 Å². The van der Waals surface area contributed by atoms with E-state index in [0.29, 0.717) is 16.9 Å². The molecule has 0 aromatic carbocycles. The maximum atomic E-state index is 6.23. The predicted molar refractivity (Wildman–Crippen MR) is 94.4 cm³/mol. The molecule has 1 aliphatic carbocycles. The minimum Gasteiger partial charge on any atom is -0.325 e. The molecule has 0 aromatic heterocycles. The Morgan fingerprint density at radius 3 is 1.76 bits per heavy atom. The SMILES string of the molecule is CC=CC1(C(C)NC(C)(C)CC(C)(C)N)C(C)(C)C1(C)C. The number of allylic oxidation sites excluding steroid dienone is 1. The van der Waals surface area contributed by atoms with Crippen molar-refractivity contribution in [3.8, 4) is 0 Å². The van der Waals surface area contributed by atoms with Crippen molar-refractivity contribution >= 4 is 0 Å². The van der Waals surface area contributed by atoms with Crippen molar-refractivity contribution in [2.45, 2.75) is 92.8 Å². The summed E-state index contributed by atoms with van der Waals surface area (Å²) in [5.41, 5.74) is 6.90. The number of hydrogen-bond donors (Lipinski definition) is 2. The summed E-state index contributed by atoms with van der Waals surface area (Å²) in [4.78, 5) is 0. The quantitative estimate of drug-likeness (QED) is 0.708. The number of hydrogen-bond acceptors (Lipinski definition) is 2. The van der Waals surface area contributed by atoms with Crippen molar-refractivity contribution in [1.82, 2.24) is 5.32 Å². The number of nitrogens with one attached hydrogen (secondary N) is 1. The van der Waals surface area contributed by atoms with Gasteiger partial charge >= 0.3 is 0 Å². The Morgan fingerprint density at radius 1 is 1.05 bits per heavy atom. The second-order valence-corrected chi connectivity index (χ2v) is 9.53. The summed E-state index contributed by atoms with van der Waals surface area (Å²) < 4.78 is 0. The fourth-order valence-electron chi connectivity index (χ4n) is 5.20. The first kappa shape index (κ1) is 18.7. The third kappa shape index (κ3) is 2.94. The minimum atomic E-state index is -0.154. The Labute approximate surface area is 133 Å². The molecule has 0 bridgehead atoms. The molecule has 1 saturated carbocycles. The highest BCUT2D eigenvalue weighted by molar-refractivity contribution is 5.34. The molecule has 0 aliphatic heterocycles. The Hall–Kier alpha value is -0.340. The van der Waals surface area contributed by atoms with E-state index in [1.165, 1.54) is 0 Å². The molecule has 0 spiro atoms. The average Bonchev–Trinajstić information content (AvgIpc) is 2.52. The molecule has 1 aliphatic rings. The van der Waals surface area contributed by atoms with Crippen LogP contribution in [0.3, 0.4) is 0 Å². The van der Waals surface area contributed by atoms with Gasteiger partial charge in [0.15, 0.2) is 0 Å². The lowest BCUT2D eigenvalue weighted by Gasteiger charge is -2.39. The van der Waals surface area contributed by atoms with E-state index in [1.54, 1.807) is 0 Å². The monoisotopic (exact) mass is 294 g/mol. The third-order valence-electron chi connectivity index (χ3n) is 6.19. The van der Waals surface area contributed by atoms with Gasteiger partial charge in [-0.3, -0.25) is 0 Å². The second-order valence-electron chi connectivity index (χ2n) is 9.53. The summed E-state index contributed by atoms with van der Waals surface area (Å²) in [6.07, 6.45) is 5.60.